The lowest BCUT2D eigenvalue weighted by molar-refractivity contribution is 0.0664. The van der Waals surface area contributed by atoms with E-state index < -0.39 is 5.97 Å². The third kappa shape index (κ3) is 1.08. The van der Waals surface area contributed by atoms with Crippen molar-refractivity contribution in [3.8, 4) is 11.5 Å². The number of hydrogen-bond donors (Lipinski definition) is 1. The molecule has 0 bridgehead atoms. The molecule has 0 fully saturated rings. The fraction of sp³-hybridized carbons (Fsp3) is 0.182. The van der Waals surface area contributed by atoms with Crippen molar-refractivity contribution in [3.63, 3.8) is 0 Å². The van der Waals surface area contributed by atoms with E-state index >= 15 is 0 Å². The van der Waals surface area contributed by atoms with Crippen molar-refractivity contribution in [2.75, 3.05) is 6.79 Å². The van der Waals surface area contributed by atoms with Crippen molar-refractivity contribution in [3.05, 3.63) is 23.5 Å². The number of ether oxygens (including phenoxy) is 2. The number of aromatic carboxylic acids is 1. The molecule has 0 saturated carbocycles. The topological polar surface area (TPSA) is 68.9 Å². The van der Waals surface area contributed by atoms with Gasteiger partial charge in [-0.2, -0.15) is 0 Å². The highest BCUT2D eigenvalue weighted by molar-refractivity contribution is 5.96. The highest BCUT2D eigenvalue weighted by Gasteiger charge is 2.21. The molecule has 5 nitrogen and oxygen atoms in total. The summed E-state index contributed by atoms with van der Waals surface area (Å²) in [5, 5.41) is 9.66. The Bertz CT molecular complexity index is 596. The lowest BCUT2D eigenvalue weighted by Gasteiger charge is -1.94. The quantitative estimate of drug-likeness (QED) is 0.797. The predicted molar refractivity (Wildman–Crippen MR) is 54.0 cm³/mol. The molecule has 0 aliphatic carbocycles. The summed E-state index contributed by atoms with van der Waals surface area (Å²) in [6.07, 6.45) is 0. The summed E-state index contributed by atoms with van der Waals surface area (Å²) in [7, 11) is 0. The summed E-state index contributed by atoms with van der Waals surface area (Å²) >= 11 is 0. The zero-order valence-electron chi connectivity index (χ0n) is 8.44. The number of carboxylic acid groups (broad SMARTS) is 1. The van der Waals surface area contributed by atoms with Gasteiger partial charge in [-0.25, -0.2) is 4.79 Å². The summed E-state index contributed by atoms with van der Waals surface area (Å²) in [6.45, 7) is 1.89. The Balaban J connectivity index is 2.32. The number of carboxylic acids is 1. The van der Waals surface area contributed by atoms with Crippen molar-refractivity contribution < 1.29 is 23.8 Å². The van der Waals surface area contributed by atoms with E-state index in [0.717, 1.165) is 5.39 Å². The van der Waals surface area contributed by atoms with Gasteiger partial charge < -0.3 is 19.0 Å². The second kappa shape index (κ2) is 2.91. The SMILES string of the molecule is Cc1c(C(=O)O)oc2cc3c(cc12)OCO3. The highest BCUT2D eigenvalue weighted by atomic mass is 16.7. The van der Waals surface area contributed by atoms with E-state index in [1.807, 2.05) is 0 Å². The van der Waals surface area contributed by atoms with Gasteiger partial charge in [-0.05, 0) is 13.0 Å². The maximum absolute atomic E-state index is 10.9. The average molecular weight is 220 g/mol. The molecule has 1 aliphatic heterocycles. The van der Waals surface area contributed by atoms with E-state index in [0.29, 0.717) is 22.6 Å². The van der Waals surface area contributed by atoms with E-state index in [1.165, 1.54) is 0 Å². The van der Waals surface area contributed by atoms with Gasteiger partial charge in [0.2, 0.25) is 12.6 Å². The molecule has 82 valence electrons. The average Bonchev–Trinajstić information content (AvgIpc) is 2.80. The lowest BCUT2D eigenvalue weighted by Crippen LogP contribution is -1.95. The first-order valence-electron chi connectivity index (χ1n) is 4.73. The number of fused-ring (bicyclic) bond motifs is 2. The van der Waals surface area contributed by atoms with Crippen LogP contribution in [0.5, 0.6) is 11.5 Å². The maximum Gasteiger partial charge on any atom is 0.372 e. The minimum absolute atomic E-state index is 0.0429. The molecule has 1 N–H and O–H groups in total. The molecule has 1 aliphatic rings. The molecule has 0 saturated heterocycles. The molecule has 5 heteroatoms. The van der Waals surface area contributed by atoms with Gasteiger partial charge >= 0.3 is 5.97 Å². The minimum atomic E-state index is -1.07. The van der Waals surface area contributed by atoms with Crippen LogP contribution in [0.15, 0.2) is 16.5 Å². The van der Waals surface area contributed by atoms with E-state index in [2.05, 4.69) is 0 Å². The number of rotatable bonds is 1. The Morgan fingerprint density at radius 3 is 2.69 bits per heavy atom. The molecular formula is C11H8O5. The molecular weight excluding hydrogens is 212 g/mol. The van der Waals surface area contributed by atoms with Crippen LogP contribution in [0.25, 0.3) is 11.0 Å². The van der Waals surface area contributed by atoms with Crippen LogP contribution in [0, 0.1) is 6.92 Å². The van der Waals surface area contributed by atoms with Crippen LogP contribution in [-0.2, 0) is 0 Å². The first-order chi connectivity index (χ1) is 7.66. The Hall–Kier alpha value is -2.17. The van der Waals surface area contributed by atoms with Gasteiger partial charge in [-0.1, -0.05) is 0 Å². The van der Waals surface area contributed by atoms with Gasteiger partial charge in [-0.3, -0.25) is 0 Å². The van der Waals surface area contributed by atoms with Gasteiger partial charge in [-0.15, -0.1) is 0 Å². The molecule has 0 atom stereocenters. The summed E-state index contributed by atoms with van der Waals surface area (Å²) < 4.78 is 15.7. The maximum atomic E-state index is 10.9. The zero-order valence-corrected chi connectivity index (χ0v) is 8.44. The van der Waals surface area contributed by atoms with Gasteiger partial charge in [0, 0.05) is 17.0 Å². The summed E-state index contributed by atoms with van der Waals surface area (Å²) in [4.78, 5) is 10.9. The second-order valence-electron chi connectivity index (χ2n) is 3.56. The number of carbonyl (C=O) groups is 1. The van der Waals surface area contributed by atoms with Crippen LogP contribution in [0.2, 0.25) is 0 Å². The molecule has 1 aromatic heterocycles. The van der Waals surface area contributed by atoms with E-state index in [1.54, 1.807) is 19.1 Å². The third-order valence-corrected chi connectivity index (χ3v) is 2.63. The highest BCUT2D eigenvalue weighted by Crippen LogP contribution is 2.38. The smallest absolute Gasteiger partial charge is 0.372 e. The monoisotopic (exact) mass is 220 g/mol. The van der Waals surface area contributed by atoms with Crippen LogP contribution in [-0.4, -0.2) is 17.9 Å². The molecule has 0 radical (unpaired) electrons. The zero-order chi connectivity index (χ0) is 11.3. The number of benzene rings is 1. The Kier molecular flexibility index (Phi) is 1.65. The van der Waals surface area contributed by atoms with Gasteiger partial charge in [0.15, 0.2) is 11.5 Å². The van der Waals surface area contributed by atoms with Crippen molar-refractivity contribution >= 4 is 16.9 Å². The molecule has 0 amide bonds. The molecule has 2 aromatic rings. The molecule has 0 unspecified atom stereocenters. The molecule has 2 heterocycles. The fourth-order valence-corrected chi connectivity index (χ4v) is 1.81. The largest absolute Gasteiger partial charge is 0.475 e. The second-order valence-corrected chi connectivity index (χ2v) is 3.56. The van der Waals surface area contributed by atoms with Crippen molar-refractivity contribution in [1.29, 1.82) is 0 Å². The standard InChI is InChI=1S/C11H8O5/c1-5-6-2-8-9(15-4-14-8)3-7(6)16-10(5)11(12)13/h2-3H,4H2,1H3,(H,12,13). The van der Waals surface area contributed by atoms with Gasteiger partial charge in [0.25, 0.3) is 0 Å². The van der Waals surface area contributed by atoms with Crippen LogP contribution in [0.1, 0.15) is 16.1 Å². The van der Waals surface area contributed by atoms with Crippen molar-refractivity contribution in [2.24, 2.45) is 0 Å². The first kappa shape index (κ1) is 9.08. The van der Waals surface area contributed by atoms with Gasteiger partial charge in [0.1, 0.15) is 5.58 Å². The van der Waals surface area contributed by atoms with E-state index in [9.17, 15) is 4.79 Å². The van der Waals surface area contributed by atoms with Crippen molar-refractivity contribution in [1.82, 2.24) is 0 Å². The summed E-state index contributed by atoms with van der Waals surface area (Å²) in [5.41, 5.74) is 1.10. The minimum Gasteiger partial charge on any atom is -0.475 e. The molecule has 0 spiro atoms. The van der Waals surface area contributed by atoms with E-state index in [4.69, 9.17) is 19.0 Å². The van der Waals surface area contributed by atoms with Crippen LogP contribution < -0.4 is 9.47 Å². The summed E-state index contributed by atoms with van der Waals surface area (Å²) in [5.74, 6) is 0.0842. The Morgan fingerprint density at radius 2 is 2.00 bits per heavy atom. The lowest BCUT2D eigenvalue weighted by atomic mass is 10.1. The normalized spacial score (nSPS) is 13.3. The van der Waals surface area contributed by atoms with Gasteiger partial charge in [0.05, 0.1) is 0 Å². The molecule has 1 aromatic carbocycles. The predicted octanol–water partition coefficient (Wildman–Crippen LogP) is 2.17. The Morgan fingerprint density at radius 1 is 1.31 bits per heavy atom. The van der Waals surface area contributed by atoms with Crippen LogP contribution in [0.3, 0.4) is 0 Å². The fourth-order valence-electron chi connectivity index (χ4n) is 1.81. The molecule has 16 heavy (non-hydrogen) atoms. The molecule has 3 rings (SSSR count). The number of hydrogen-bond acceptors (Lipinski definition) is 4. The van der Waals surface area contributed by atoms with Crippen LogP contribution >= 0.6 is 0 Å². The van der Waals surface area contributed by atoms with E-state index in [-0.39, 0.29) is 12.6 Å². The Labute approximate surface area is 90.2 Å². The third-order valence-electron chi connectivity index (χ3n) is 2.63. The number of furan rings is 1. The van der Waals surface area contributed by atoms with Crippen molar-refractivity contribution in [2.45, 2.75) is 6.92 Å². The summed E-state index contributed by atoms with van der Waals surface area (Å²) in [6, 6.07) is 3.39. The first-order valence-corrected chi connectivity index (χ1v) is 4.73. The van der Waals surface area contributed by atoms with Crippen LogP contribution in [0.4, 0.5) is 0 Å². The number of aryl methyl sites for hydroxylation is 1.